The number of nitrogens with zero attached hydrogens (tertiary/aromatic N) is 1. The SMILES string of the molecule is O=C1Nc2cc(Cl)c(Cl)c(Cl)c2C(=O)C1=NOC(=O)c1ccccc1. The lowest BCUT2D eigenvalue weighted by Gasteiger charge is -2.19. The molecule has 1 amide bonds. The molecule has 0 aromatic heterocycles. The Labute approximate surface area is 156 Å². The van der Waals surface area contributed by atoms with Crippen molar-refractivity contribution in [3.05, 3.63) is 62.6 Å². The topological polar surface area (TPSA) is 84.8 Å². The van der Waals surface area contributed by atoms with E-state index in [0.717, 1.165) is 0 Å². The van der Waals surface area contributed by atoms with E-state index in [1.54, 1.807) is 18.2 Å². The van der Waals surface area contributed by atoms with Gasteiger partial charge in [-0.05, 0) is 18.2 Å². The highest BCUT2D eigenvalue weighted by Crippen LogP contribution is 2.39. The number of carbonyl (C=O) groups excluding carboxylic acids is 3. The van der Waals surface area contributed by atoms with Crippen molar-refractivity contribution in [1.82, 2.24) is 0 Å². The van der Waals surface area contributed by atoms with E-state index in [-0.39, 0.29) is 31.9 Å². The molecular weight excluding hydrogens is 391 g/mol. The van der Waals surface area contributed by atoms with Gasteiger partial charge in [0.2, 0.25) is 11.5 Å². The molecular formula is C16H7Cl3N2O4. The second-order valence-electron chi connectivity index (χ2n) is 4.88. The molecule has 0 unspecified atom stereocenters. The van der Waals surface area contributed by atoms with E-state index in [2.05, 4.69) is 15.3 Å². The van der Waals surface area contributed by atoms with Crippen molar-refractivity contribution in [2.75, 3.05) is 5.32 Å². The van der Waals surface area contributed by atoms with Crippen LogP contribution in [0.15, 0.2) is 41.6 Å². The maximum Gasteiger partial charge on any atom is 0.365 e. The molecule has 0 fully saturated rings. The van der Waals surface area contributed by atoms with Crippen LogP contribution in [0, 0.1) is 0 Å². The highest BCUT2D eigenvalue weighted by Gasteiger charge is 2.35. The number of amides is 1. The number of hydrogen-bond acceptors (Lipinski definition) is 5. The van der Waals surface area contributed by atoms with E-state index in [1.807, 2.05) is 0 Å². The molecule has 0 aliphatic carbocycles. The van der Waals surface area contributed by atoms with E-state index in [9.17, 15) is 14.4 Å². The fraction of sp³-hybridized carbons (Fsp3) is 0. The molecule has 25 heavy (non-hydrogen) atoms. The fourth-order valence-corrected chi connectivity index (χ4v) is 2.81. The number of halogens is 3. The van der Waals surface area contributed by atoms with Crippen LogP contribution in [0.2, 0.25) is 15.1 Å². The number of Topliss-reactive ketones (excluding diaryl/α,β-unsaturated/α-hetero) is 1. The molecule has 2 aromatic rings. The number of nitrogens with one attached hydrogen (secondary N) is 1. The smallest absolute Gasteiger partial charge is 0.320 e. The third-order valence-corrected chi connectivity index (χ3v) is 4.56. The lowest BCUT2D eigenvalue weighted by atomic mass is 10.00. The Hall–Kier alpha value is -2.41. The Morgan fingerprint density at radius 2 is 1.72 bits per heavy atom. The zero-order valence-corrected chi connectivity index (χ0v) is 14.4. The van der Waals surface area contributed by atoms with E-state index in [1.165, 1.54) is 18.2 Å². The van der Waals surface area contributed by atoms with Crippen LogP contribution >= 0.6 is 34.8 Å². The third-order valence-electron chi connectivity index (χ3n) is 3.30. The first-order valence-corrected chi connectivity index (χ1v) is 7.91. The van der Waals surface area contributed by atoms with Gasteiger partial charge < -0.3 is 10.2 Å². The quantitative estimate of drug-likeness (QED) is 0.472. The van der Waals surface area contributed by atoms with Crippen LogP contribution in [0.1, 0.15) is 20.7 Å². The van der Waals surface area contributed by atoms with Crippen molar-refractivity contribution in [2.24, 2.45) is 5.16 Å². The van der Waals surface area contributed by atoms with E-state index < -0.39 is 23.4 Å². The summed E-state index contributed by atoms with van der Waals surface area (Å²) in [6.45, 7) is 0. The Kier molecular flexibility index (Phi) is 4.76. The second kappa shape index (κ2) is 6.84. The molecule has 6 nitrogen and oxygen atoms in total. The number of rotatable bonds is 2. The molecule has 0 atom stereocenters. The van der Waals surface area contributed by atoms with Gasteiger partial charge in [-0.25, -0.2) is 4.79 Å². The first kappa shape index (κ1) is 17.4. The van der Waals surface area contributed by atoms with Crippen molar-refractivity contribution in [2.45, 2.75) is 0 Å². The molecule has 9 heteroatoms. The van der Waals surface area contributed by atoms with Crippen LogP contribution in [0.25, 0.3) is 0 Å². The van der Waals surface area contributed by atoms with Crippen molar-refractivity contribution >= 4 is 63.9 Å². The maximum absolute atomic E-state index is 12.5. The number of ketones is 1. The van der Waals surface area contributed by atoms with Crippen molar-refractivity contribution < 1.29 is 19.2 Å². The number of anilines is 1. The number of fused-ring (bicyclic) bond motifs is 1. The van der Waals surface area contributed by atoms with Crippen LogP contribution in [0.5, 0.6) is 0 Å². The third kappa shape index (κ3) is 3.24. The van der Waals surface area contributed by atoms with Crippen molar-refractivity contribution in [3.63, 3.8) is 0 Å². The van der Waals surface area contributed by atoms with Crippen LogP contribution in [-0.4, -0.2) is 23.4 Å². The predicted octanol–water partition coefficient (Wildman–Crippen LogP) is 3.99. The van der Waals surface area contributed by atoms with Gasteiger partial charge in [0.05, 0.1) is 31.9 Å². The van der Waals surface area contributed by atoms with Gasteiger partial charge in [0, 0.05) is 0 Å². The molecule has 0 bridgehead atoms. The van der Waals surface area contributed by atoms with Gasteiger partial charge in [-0.15, -0.1) is 0 Å². The highest BCUT2D eigenvalue weighted by atomic mass is 35.5. The van der Waals surface area contributed by atoms with Gasteiger partial charge in [-0.1, -0.05) is 58.2 Å². The molecule has 0 saturated carbocycles. The minimum absolute atomic E-state index is 0.0350. The molecule has 1 aliphatic rings. The molecule has 126 valence electrons. The Morgan fingerprint density at radius 1 is 1.04 bits per heavy atom. The Bertz CT molecular complexity index is 942. The molecule has 0 spiro atoms. The van der Waals surface area contributed by atoms with E-state index in [0.29, 0.717) is 0 Å². The Morgan fingerprint density at radius 3 is 2.40 bits per heavy atom. The van der Waals surface area contributed by atoms with Crippen LogP contribution in [0.3, 0.4) is 0 Å². The average Bonchev–Trinajstić information content (AvgIpc) is 2.59. The molecule has 1 heterocycles. The van der Waals surface area contributed by atoms with Gasteiger partial charge in [-0.3, -0.25) is 9.59 Å². The van der Waals surface area contributed by atoms with Gasteiger partial charge in [0.25, 0.3) is 5.91 Å². The summed E-state index contributed by atoms with van der Waals surface area (Å²) >= 11 is 17.8. The number of benzene rings is 2. The molecule has 0 radical (unpaired) electrons. The van der Waals surface area contributed by atoms with Crippen molar-refractivity contribution in [3.8, 4) is 0 Å². The minimum Gasteiger partial charge on any atom is -0.320 e. The number of carbonyl (C=O) groups is 3. The normalized spacial score (nSPS) is 14.9. The first-order chi connectivity index (χ1) is 11.9. The van der Waals surface area contributed by atoms with Crippen LogP contribution in [-0.2, 0) is 9.63 Å². The molecule has 1 N–H and O–H groups in total. The van der Waals surface area contributed by atoms with Crippen LogP contribution in [0.4, 0.5) is 5.69 Å². The molecule has 1 aliphatic heterocycles. The van der Waals surface area contributed by atoms with Crippen LogP contribution < -0.4 is 5.32 Å². The van der Waals surface area contributed by atoms with Crippen molar-refractivity contribution in [1.29, 1.82) is 0 Å². The zero-order chi connectivity index (χ0) is 18.1. The summed E-state index contributed by atoms with van der Waals surface area (Å²) in [5.41, 5.74) is -0.395. The lowest BCUT2D eigenvalue weighted by Crippen LogP contribution is -2.36. The standard InChI is InChI=1S/C16H7Cl3N2O4/c17-8-6-9-10(12(19)11(8)18)14(22)13(15(23)20-9)21-25-16(24)7-4-2-1-3-5-7/h1-6H,(H,20,23). The number of oxime groups is 1. The zero-order valence-electron chi connectivity index (χ0n) is 12.2. The highest BCUT2D eigenvalue weighted by molar-refractivity contribution is 6.74. The van der Waals surface area contributed by atoms with Gasteiger partial charge in [-0.2, -0.15) is 0 Å². The summed E-state index contributed by atoms with van der Waals surface area (Å²) in [5.74, 6) is -2.50. The largest absolute Gasteiger partial charge is 0.365 e. The molecule has 2 aromatic carbocycles. The lowest BCUT2D eigenvalue weighted by molar-refractivity contribution is -0.110. The van der Waals surface area contributed by atoms with Gasteiger partial charge in [0.1, 0.15) is 0 Å². The monoisotopic (exact) mass is 396 g/mol. The summed E-state index contributed by atoms with van der Waals surface area (Å²) in [6.07, 6.45) is 0. The van der Waals surface area contributed by atoms with E-state index in [4.69, 9.17) is 34.8 Å². The summed E-state index contributed by atoms with van der Waals surface area (Å²) in [7, 11) is 0. The maximum atomic E-state index is 12.5. The molecule has 3 rings (SSSR count). The van der Waals surface area contributed by atoms with Gasteiger partial charge >= 0.3 is 5.97 Å². The number of hydrogen-bond donors (Lipinski definition) is 1. The summed E-state index contributed by atoms with van der Waals surface area (Å²) < 4.78 is 0. The molecule has 0 saturated heterocycles. The average molecular weight is 398 g/mol. The minimum atomic E-state index is -0.854. The summed E-state index contributed by atoms with van der Waals surface area (Å²) in [6, 6.07) is 9.27. The van der Waals surface area contributed by atoms with E-state index >= 15 is 0 Å². The predicted molar refractivity (Wildman–Crippen MR) is 93.7 cm³/mol. The Balaban J connectivity index is 1.94. The second-order valence-corrected chi connectivity index (χ2v) is 6.04. The first-order valence-electron chi connectivity index (χ1n) is 6.78. The van der Waals surface area contributed by atoms with Gasteiger partial charge in [0.15, 0.2) is 0 Å². The fourth-order valence-electron chi connectivity index (χ4n) is 2.12. The summed E-state index contributed by atoms with van der Waals surface area (Å²) in [5, 5.41) is 5.70. The summed E-state index contributed by atoms with van der Waals surface area (Å²) in [4.78, 5) is 41.1.